The molecule has 0 amide bonds. The van der Waals surface area contributed by atoms with Crippen LogP contribution in [0.1, 0.15) is 17.3 Å². The van der Waals surface area contributed by atoms with E-state index in [9.17, 15) is 9.90 Å². The Morgan fingerprint density at radius 2 is 1.59 bits per heavy atom. The van der Waals surface area contributed by atoms with Gasteiger partial charge in [-0.25, -0.2) is 9.78 Å². The highest BCUT2D eigenvalue weighted by Crippen LogP contribution is 2.28. The lowest BCUT2D eigenvalue weighted by Gasteiger charge is -2.10. The van der Waals surface area contributed by atoms with Gasteiger partial charge in [0, 0.05) is 10.9 Å². The molecule has 5 heteroatoms. The standard InChI is InChI=1S/C24H20NO3P/c1-2-28-18-12-10-16(11-13-18)15-6-8-17(9-7-15)21-14-20(24(26)27)19-4-3-5-22(29)23(19)25-21/h3-14H,2,29H2,1H3,(H,26,27). The summed E-state index contributed by atoms with van der Waals surface area (Å²) in [6.45, 7) is 2.60. The summed E-state index contributed by atoms with van der Waals surface area (Å²) in [5.74, 6) is -0.108. The summed E-state index contributed by atoms with van der Waals surface area (Å²) in [6, 6.07) is 23.1. The SMILES string of the molecule is CCOc1ccc(-c2ccc(-c3cc(C(=O)O)c4cccc(P)c4n3)cc2)cc1. The summed E-state index contributed by atoms with van der Waals surface area (Å²) in [5.41, 5.74) is 4.61. The van der Waals surface area contributed by atoms with Gasteiger partial charge in [-0.1, -0.05) is 54.6 Å². The molecular weight excluding hydrogens is 381 g/mol. The van der Waals surface area contributed by atoms with E-state index in [0.717, 1.165) is 27.7 Å². The molecule has 0 saturated heterocycles. The lowest BCUT2D eigenvalue weighted by atomic mass is 10.0. The zero-order valence-electron chi connectivity index (χ0n) is 15.9. The van der Waals surface area contributed by atoms with Crippen molar-refractivity contribution in [2.75, 3.05) is 6.61 Å². The Hall–Kier alpha value is -3.23. The minimum Gasteiger partial charge on any atom is -0.494 e. The first-order chi connectivity index (χ1) is 14.1. The Kier molecular flexibility index (Phi) is 5.28. The van der Waals surface area contributed by atoms with E-state index in [-0.39, 0.29) is 5.56 Å². The molecule has 0 aliphatic carbocycles. The Labute approximate surface area is 171 Å². The van der Waals surface area contributed by atoms with Crippen molar-refractivity contribution in [3.8, 4) is 28.1 Å². The van der Waals surface area contributed by atoms with Crippen LogP contribution in [0, 0.1) is 0 Å². The number of nitrogens with zero attached hydrogens (tertiary/aromatic N) is 1. The normalized spacial score (nSPS) is 10.8. The smallest absolute Gasteiger partial charge is 0.336 e. The quantitative estimate of drug-likeness (QED) is 0.469. The highest BCUT2D eigenvalue weighted by molar-refractivity contribution is 7.28. The van der Waals surface area contributed by atoms with E-state index in [2.05, 4.69) is 9.24 Å². The number of hydrogen-bond acceptors (Lipinski definition) is 3. The number of rotatable bonds is 5. The topological polar surface area (TPSA) is 59.4 Å². The van der Waals surface area contributed by atoms with Gasteiger partial charge in [0.25, 0.3) is 0 Å². The van der Waals surface area contributed by atoms with Gasteiger partial charge < -0.3 is 9.84 Å². The van der Waals surface area contributed by atoms with Crippen molar-refractivity contribution in [1.29, 1.82) is 0 Å². The molecule has 144 valence electrons. The third kappa shape index (κ3) is 3.85. The number of fused-ring (bicyclic) bond motifs is 1. The van der Waals surface area contributed by atoms with Crippen LogP contribution < -0.4 is 10.0 Å². The van der Waals surface area contributed by atoms with Gasteiger partial charge in [0.05, 0.1) is 23.4 Å². The highest BCUT2D eigenvalue weighted by atomic mass is 31.0. The average molecular weight is 401 g/mol. The molecule has 29 heavy (non-hydrogen) atoms. The van der Waals surface area contributed by atoms with E-state index < -0.39 is 5.97 Å². The van der Waals surface area contributed by atoms with Gasteiger partial charge >= 0.3 is 5.97 Å². The first-order valence-corrected chi connectivity index (χ1v) is 9.90. The first-order valence-electron chi connectivity index (χ1n) is 9.33. The lowest BCUT2D eigenvalue weighted by molar-refractivity contribution is 0.0699. The van der Waals surface area contributed by atoms with Crippen molar-refractivity contribution in [2.45, 2.75) is 6.92 Å². The van der Waals surface area contributed by atoms with Crippen LogP contribution in [0.4, 0.5) is 0 Å². The van der Waals surface area contributed by atoms with Crippen LogP contribution >= 0.6 is 9.24 Å². The molecule has 0 fully saturated rings. The largest absolute Gasteiger partial charge is 0.494 e. The first kappa shape index (κ1) is 19.1. The van der Waals surface area contributed by atoms with Gasteiger partial charge in [-0.2, -0.15) is 0 Å². The van der Waals surface area contributed by atoms with Gasteiger partial charge in [-0.15, -0.1) is 9.24 Å². The number of benzene rings is 3. The number of aromatic carboxylic acids is 1. The molecule has 0 spiro atoms. The number of carbonyl (C=O) groups is 1. The molecule has 3 aromatic carbocycles. The summed E-state index contributed by atoms with van der Waals surface area (Å²) in [7, 11) is 2.63. The molecule has 0 aliphatic heterocycles. The van der Waals surface area contributed by atoms with Crippen molar-refractivity contribution in [3.63, 3.8) is 0 Å². The number of hydrogen-bond donors (Lipinski definition) is 1. The number of pyridine rings is 1. The predicted molar refractivity (Wildman–Crippen MR) is 120 cm³/mol. The summed E-state index contributed by atoms with van der Waals surface area (Å²) >= 11 is 0. The minimum absolute atomic E-state index is 0.255. The second-order valence-corrected chi connectivity index (χ2v) is 7.26. The molecule has 0 bridgehead atoms. The molecule has 4 rings (SSSR count). The molecule has 1 unspecified atom stereocenters. The van der Waals surface area contributed by atoms with Crippen LogP contribution in [0.15, 0.2) is 72.8 Å². The Bertz CT molecular complexity index is 1190. The molecule has 0 aliphatic rings. The predicted octanol–water partition coefficient (Wildman–Crippen LogP) is 5.17. The third-order valence-corrected chi connectivity index (χ3v) is 5.25. The maximum Gasteiger partial charge on any atom is 0.336 e. The number of para-hydroxylation sites is 1. The second-order valence-electron chi connectivity index (χ2n) is 6.64. The summed E-state index contributed by atoms with van der Waals surface area (Å²) in [5, 5.41) is 11.2. The molecule has 0 saturated carbocycles. The van der Waals surface area contributed by atoms with Crippen molar-refractivity contribution in [2.24, 2.45) is 0 Å². The van der Waals surface area contributed by atoms with Crippen LogP contribution in [-0.4, -0.2) is 22.7 Å². The van der Waals surface area contributed by atoms with E-state index in [1.165, 1.54) is 0 Å². The molecule has 1 heterocycles. The van der Waals surface area contributed by atoms with Gasteiger partial charge in [-0.05, 0) is 41.6 Å². The van der Waals surface area contributed by atoms with Crippen LogP contribution in [-0.2, 0) is 0 Å². The van der Waals surface area contributed by atoms with Gasteiger partial charge in [-0.3, -0.25) is 0 Å². The molecule has 4 nitrogen and oxygen atoms in total. The zero-order chi connectivity index (χ0) is 20.4. The second kappa shape index (κ2) is 8.02. The fourth-order valence-corrected chi connectivity index (χ4v) is 3.67. The maximum atomic E-state index is 11.8. The molecular formula is C24H20NO3P. The van der Waals surface area contributed by atoms with Crippen LogP contribution in [0.25, 0.3) is 33.3 Å². The van der Waals surface area contributed by atoms with Crippen molar-refractivity contribution < 1.29 is 14.6 Å². The number of carboxylic acids is 1. The molecule has 1 N–H and O–H groups in total. The fourth-order valence-electron chi connectivity index (χ4n) is 3.34. The van der Waals surface area contributed by atoms with Crippen LogP contribution in [0.3, 0.4) is 0 Å². The molecule has 1 aromatic heterocycles. The molecule has 0 radical (unpaired) electrons. The summed E-state index contributed by atoms with van der Waals surface area (Å²) in [4.78, 5) is 16.5. The number of aromatic nitrogens is 1. The van der Waals surface area contributed by atoms with Gasteiger partial charge in [0.2, 0.25) is 0 Å². The number of carboxylic acid groups (broad SMARTS) is 1. The minimum atomic E-state index is -0.958. The van der Waals surface area contributed by atoms with Crippen molar-refractivity contribution in [3.05, 3.63) is 78.4 Å². The lowest BCUT2D eigenvalue weighted by Crippen LogP contribution is -2.04. The Balaban J connectivity index is 1.73. The van der Waals surface area contributed by atoms with Gasteiger partial charge in [0.1, 0.15) is 5.75 Å². The van der Waals surface area contributed by atoms with E-state index in [4.69, 9.17) is 9.72 Å². The maximum absolute atomic E-state index is 11.8. The number of ether oxygens (including phenoxy) is 1. The van der Waals surface area contributed by atoms with E-state index in [1.807, 2.05) is 67.6 Å². The third-order valence-electron chi connectivity index (χ3n) is 4.78. The monoisotopic (exact) mass is 401 g/mol. The van der Waals surface area contributed by atoms with Crippen LogP contribution in [0.5, 0.6) is 5.75 Å². The molecule has 4 aromatic rings. The summed E-state index contributed by atoms with van der Waals surface area (Å²) < 4.78 is 5.49. The average Bonchev–Trinajstić information content (AvgIpc) is 2.74. The van der Waals surface area contributed by atoms with E-state index in [0.29, 0.717) is 23.2 Å². The Morgan fingerprint density at radius 1 is 0.966 bits per heavy atom. The fraction of sp³-hybridized carbons (Fsp3) is 0.0833. The van der Waals surface area contributed by atoms with Crippen LogP contribution in [0.2, 0.25) is 0 Å². The summed E-state index contributed by atoms with van der Waals surface area (Å²) in [6.07, 6.45) is 0. The van der Waals surface area contributed by atoms with E-state index >= 15 is 0 Å². The zero-order valence-corrected chi connectivity index (χ0v) is 17.1. The van der Waals surface area contributed by atoms with Crippen molar-refractivity contribution >= 4 is 31.4 Å². The van der Waals surface area contributed by atoms with E-state index in [1.54, 1.807) is 12.1 Å². The van der Waals surface area contributed by atoms with Crippen molar-refractivity contribution in [1.82, 2.24) is 4.98 Å². The molecule has 1 atom stereocenters. The Morgan fingerprint density at radius 3 is 2.21 bits per heavy atom. The highest BCUT2D eigenvalue weighted by Gasteiger charge is 2.14. The van der Waals surface area contributed by atoms with Gasteiger partial charge in [0.15, 0.2) is 0 Å².